The van der Waals surface area contributed by atoms with Crippen molar-refractivity contribution in [2.45, 2.75) is 39.7 Å². The fraction of sp³-hybridized carbons (Fsp3) is 0.400. The third-order valence-corrected chi connectivity index (χ3v) is 5.59. The third kappa shape index (κ3) is 6.32. The van der Waals surface area contributed by atoms with E-state index < -0.39 is 12.0 Å². The number of nitrogens with one attached hydrogen (secondary N) is 2. The third-order valence-electron chi connectivity index (χ3n) is 5.59. The second-order valence-electron chi connectivity index (χ2n) is 8.29. The maximum Gasteiger partial charge on any atom is 0.262 e. The molecule has 33 heavy (non-hydrogen) atoms. The van der Waals surface area contributed by atoms with Gasteiger partial charge in [-0.3, -0.25) is 14.4 Å². The van der Waals surface area contributed by atoms with Crippen LogP contribution in [0.2, 0.25) is 0 Å². The second-order valence-corrected chi connectivity index (χ2v) is 8.29. The minimum Gasteiger partial charge on any atom is -0.484 e. The highest BCUT2D eigenvalue weighted by Gasteiger charge is 2.35. The highest BCUT2D eigenvalue weighted by atomic mass is 16.5. The molecule has 1 saturated heterocycles. The van der Waals surface area contributed by atoms with Crippen molar-refractivity contribution in [2.75, 3.05) is 29.9 Å². The van der Waals surface area contributed by atoms with Crippen molar-refractivity contribution in [3.63, 3.8) is 0 Å². The van der Waals surface area contributed by atoms with Crippen molar-refractivity contribution in [1.29, 1.82) is 0 Å². The summed E-state index contributed by atoms with van der Waals surface area (Å²) in [6, 6.07) is 12.8. The molecule has 8 heteroatoms. The number of carbonyl (C=O) groups excluding carboxylic acids is 3. The summed E-state index contributed by atoms with van der Waals surface area (Å²) in [5.41, 5.74) is 3.56. The van der Waals surface area contributed by atoms with Gasteiger partial charge in [-0.05, 0) is 55.7 Å². The molecule has 0 unspecified atom stereocenters. The Morgan fingerprint density at radius 2 is 1.94 bits per heavy atom. The molecule has 176 valence electrons. The van der Waals surface area contributed by atoms with E-state index in [1.807, 2.05) is 32.0 Å². The molecule has 1 fully saturated rings. The Kier molecular flexibility index (Phi) is 8.06. The van der Waals surface area contributed by atoms with Gasteiger partial charge in [0, 0.05) is 30.9 Å². The zero-order valence-electron chi connectivity index (χ0n) is 19.3. The first-order chi connectivity index (χ1) is 15.8. The highest BCUT2D eigenvalue weighted by Crippen LogP contribution is 2.27. The smallest absolute Gasteiger partial charge is 0.262 e. The van der Waals surface area contributed by atoms with E-state index in [0.717, 1.165) is 23.2 Å². The Balaban J connectivity index is 1.54. The predicted molar refractivity (Wildman–Crippen MR) is 126 cm³/mol. The average Bonchev–Trinajstić information content (AvgIpc) is 3.19. The molecule has 0 spiro atoms. The van der Waals surface area contributed by atoms with Crippen molar-refractivity contribution in [3.8, 4) is 5.75 Å². The molecule has 3 N–H and O–H groups in total. The summed E-state index contributed by atoms with van der Waals surface area (Å²) < 4.78 is 5.61. The molecule has 2 aromatic carbocycles. The average molecular weight is 454 g/mol. The number of rotatable bonds is 9. The fourth-order valence-corrected chi connectivity index (χ4v) is 3.77. The molecular formula is C25H31N3O5. The van der Waals surface area contributed by atoms with Crippen LogP contribution < -0.4 is 20.3 Å². The van der Waals surface area contributed by atoms with Gasteiger partial charge in [0.1, 0.15) is 5.75 Å². The second kappa shape index (κ2) is 11.0. The molecule has 3 rings (SSSR count). The van der Waals surface area contributed by atoms with Crippen LogP contribution in [-0.2, 0) is 20.8 Å². The van der Waals surface area contributed by atoms with Crippen LogP contribution in [0, 0.1) is 12.8 Å². The molecule has 0 aliphatic carbocycles. The molecule has 8 nitrogen and oxygen atoms in total. The lowest BCUT2D eigenvalue weighted by atomic mass is 10.1. The number of nitrogens with zero attached hydrogens (tertiary/aromatic N) is 1. The summed E-state index contributed by atoms with van der Waals surface area (Å²) in [6.07, 6.45) is 0.308. The molecule has 0 bridgehead atoms. The van der Waals surface area contributed by atoms with Crippen LogP contribution in [0.5, 0.6) is 5.75 Å². The number of hydrogen-bond donors (Lipinski definition) is 3. The minimum atomic E-state index is -0.637. The summed E-state index contributed by atoms with van der Waals surface area (Å²) in [6.45, 7) is 5.89. The largest absolute Gasteiger partial charge is 0.484 e. The van der Waals surface area contributed by atoms with Gasteiger partial charge in [-0.1, -0.05) is 25.1 Å². The van der Waals surface area contributed by atoms with Gasteiger partial charge in [0.15, 0.2) is 6.61 Å². The number of aryl methyl sites for hydroxylation is 2. The zero-order valence-corrected chi connectivity index (χ0v) is 19.3. The molecule has 2 atom stereocenters. The van der Waals surface area contributed by atoms with Crippen molar-refractivity contribution < 1.29 is 24.2 Å². The molecule has 1 heterocycles. The van der Waals surface area contributed by atoms with Crippen molar-refractivity contribution in [3.05, 3.63) is 53.6 Å². The Hall–Kier alpha value is -3.39. The molecule has 3 amide bonds. The minimum absolute atomic E-state index is 0.128. The van der Waals surface area contributed by atoms with Crippen LogP contribution >= 0.6 is 0 Å². The van der Waals surface area contributed by atoms with Gasteiger partial charge in [0.2, 0.25) is 11.8 Å². The lowest BCUT2D eigenvalue weighted by Crippen LogP contribution is -2.36. The van der Waals surface area contributed by atoms with Gasteiger partial charge in [-0.2, -0.15) is 0 Å². The number of carbonyl (C=O) groups is 3. The van der Waals surface area contributed by atoms with Crippen molar-refractivity contribution in [1.82, 2.24) is 5.32 Å². The maximum atomic E-state index is 12.4. The summed E-state index contributed by atoms with van der Waals surface area (Å²) in [5.74, 6) is -0.566. The van der Waals surface area contributed by atoms with Crippen LogP contribution in [0.4, 0.5) is 11.4 Å². The topological polar surface area (TPSA) is 108 Å². The van der Waals surface area contributed by atoms with E-state index in [0.29, 0.717) is 11.4 Å². The first kappa shape index (κ1) is 24.3. The molecular weight excluding hydrogens is 422 g/mol. The van der Waals surface area contributed by atoms with Gasteiger partial charge in [0.05, 0.1) is 12.0 Å². The molecule has 1 aliphatic rings. The van der Waals surface area contributed by atoms with Gasteiger partial charge in [0.25, 0.3) is 5.91 Å². The summed E-state index contributed by atoms with van der Waals surface area (Å²) in [5, 5.41) is 14.9. The maximum absolute atomic E-state index is 12.4. The predicted octanol–water partition coefficient (Wildman–Crippen LogP) is 2.42. The SMILES string of the molecule is CCc1cccc(C)c1NC(=O)COc1ccc(N2C[C@@H](C(=O)NC[C@H](C)O)CC2=O)cc1. The summed E-state index contributed by atoms with van der Waals surface area (Å²) in [7, 11) is 0. The Bertz CT molecular complexity index is 1000. The van der Waals surface area contributed by atoms with Gasteiger partial charge >= 0.3 is 0 Å². The highest BCUT2D eigenvalue weighted by molar-refractivity contribution is 6.00. The number of aliphatic hydroxyl groups is 1. The van der Waals surface area contributed by atoms with E-state index in [-0.39, 0.29) is 43.8 Å². The zero-order chi connectivity index (χ0) is 24.0. The van der Waals surface area contributed by atoms with Crippen LogP contribution in [0.25, 0.3) is 0 Å². The van der Waals surface area contributed by atoms with E-state index in [1.54, 1.807) is 36.1 Å². The number of hydrogen-bond acceptors (Lipinski definition) is 5. The summed E-state index contributed by atoms with van der Waals surface area (Å²) in [4.78, 5) is 38.5. The van der Waals surface area contributed by atoms with Gasteiger partial charge < -0.3 is 25.4 Å². The summed E-state index contributed by atoms with van der Waals surface area (Å²) >= 11 is 0. The van der Waals surface area contributed by atoms with E-state index in [4.69, 9.17) is 4.74 Å². The number of amides is 3. The van der Waals surface area contributed by atoms with Crippen LogP contribution in [0.15, 0.2) is 42.5 Å². The molecule has 1 aliphatic heterocycles. The Labute approximate surface area is 193 Å². The van der Waals surface area contributed by atoms with Gasteiger partial charge in [-0.25, -0.2) is 0 Å². The standard InChI is InChI=1S/C25H31N3O5/c1-4-18-7-5-6-16(2)24(18)27-22(30)15-33-21-10-8-20(9-11-21)28-14-19(12-23(28)31)25(32)26-13-17(3)29/h5-11,17,19,29H,4,12-15H2,1-3H3,(H,26,32)(H,27,30)/t17-,19-/m0/s1. The van der Waals surface area contributed by atoms with E-state index in [2.05, 4.69) is 10.6 Å². The number of benzene rings is 2. The number of para-hydroxylation sites is 1. The quantitative estimate of drug-likeness (QED) is 0.541. The van der Waals surface area contributed by atoms with E-state index in [9.17, 15) is 19.5 Å². The first-order valence-electron chi connectivity index (χ1n) is 11.2. The van der Waals surface area contributed by atoms with Crippen LogP contribution in [0.3, 0.4) is 0 Å². The Morgan fingerprint density at radius 1 is 1.21 bits per heavy atom. The van der Waals surface area contributed by atoms with E-state index >= 15 is 0 Å². The van der Waals surface area contributed by atoms with Gasteiger partial charge in [-0.15, -0.1) is 0 Å². The molecule has 0 saturated carbocycles. The van der Waals surface area contributed by atoms with Crippen molar-refractivity contribution >= 4 is 29.1 Å². The lowest BCUT2D eigenvalue weighted by molar-refractivity contribution is -0.126. The molecule has 0 radical (unpaired) electrons. The molecule has 0 aromatic heterocycles. The van der Waals surface area contributed by atoms with Crippen molar-refractivity contribution in [2.24, 2.45) is 5.92 Å². The monoisotopic (exact) mass is 453 g/mol. The molecule has 2 aromatic rings. The first-order valence-corrected chi connectivity index (χ1v) is 11.2. The number of anilines is 2. The normalized spacial score (nSPS) is 16.4. The number of ether oxygens (including phenoxy) is 1. The fourth-order valence-electron chi connectivity index (χ4n) is 3.77. The van der Waals surface area contributed by atoms with E-state index in [1.165, 1.54) is 0 Å². The Morgan fingerprint density at radius 3 is 2.61 bits per heavy atom. The van der Waals surface area contributed by atoms with Crippen LogP contribution in [0.1, 0.15) is 31.4 Å². The lowest BCUT2D eigenvalue weighted by Gasteiger charge is -2.17. The number of aliphatic hydroxyl groups excluding tert-OH is 1. The van der Waals surface area contributed by atoms with Crippen LogP contribution in [-0.4, -0.2) is 48.6 Å².